The number of hydrogen-bond donors (Lipinski definition) is 2. The Bertz CT molecular complexity index is 376. The van der Waals surface area contributed by atoms with Gasteiger partial charge in [-0.1, -0.05) is 0 Å². The third kappa shape index (κ3) is 2.44. The van der Waals surface area contributed by atoms with Gasteiger partial charge in [0.15, 0.2) is 0 Å². The zero-order valence-corrected chi connectivity index (χ0v) is 7.47. The van der Waals surface area contributed by atoms with E-state index in [9.17, 15) is 4.79 Å². The molecule has 0 amide bonds. The van der Waals surface area contributed by atoms with Gasteiger partial charge in [-0.2, -0.15) is 4.98 Å². The lowest BCUT2D eigenvalue weighted by atomic mass is 10.3. The molecule has 0 spiro atoms. The lowest BCUT2D eigenvalue weighted by molar-refractivity contribution is -0.131. The molecule has 0 unspecified atom stereocenters. The van der Waals surface area contributed by atoms with Crippen LogP contribution in [0.3, 0.4) is 0 Å². The first-order valence-corrected chi connectivity index (χ1v) is 3.71. The Hall–Kier alpha value is -2.11. The van der Waals surface area contributed by atoms with Crippen LogP contribution in [0.15, 0.2) is 12.3 Å². The minimum Gasteiger partial charge on any atom is -0.480 e. The SMILES string of the molecule is COc1nc(N)ncc1/C=C/C(=O)O. The van der Waals surface area contributed by atoms with E-state index in [0.717, 1.165) is 6.08 Å². The summed E-state index contributed by atoms with van der Waals surface area (Å²) in [4.78, 5) is 17.7. The molecule has 0 aliphatic rings. The summed E-state index contributed by atoms with van der Waals surface area (Å²) in [6, 6.07) is 0. The first kappa shape index (κ1) is 9.97. The van der Waals surface area contributed by atoms with E-state index in [-0.39, 0.29) is 11.8 Å². The number of carboxylic acid groups (broad SMARTS) is 1. The first-order chi connectivity index (χ1) is 6.63. The molecule has 1 rings (SSSR count). The van der Waals surface area contributed by atoms with Gasteiger partial charge < -0.3 is 15.6 Å². The van der Waals surface area contributed by atoms with Gasteiger partial charge in [0.25, 0.3) is 0 Å². The van der Waals surface area contributed by atoms with Crippen molar-refractivity contribution in [1.82, 2.24) is 9.97 Å². The lowest BCUT2D eigenvalue weighted by Crippen LogP contribution is -1.99. The standard InChI is InChI=1S/C8H9N3O3/c1-14-7-5(2-3-6(12)13)4-10-8(9)11-7/h2-4H,1H3,(H,12,13)(H2,9,10,11)/b3-2+. The number of anilines is 1. The van der Waals surface area contributed by atoms with Crippen LogP contribution in [0.2, 0.25) is 0 Å². The highest BCUT2D eigenvalue weighted by Crippen LogP contribution is 2.15. The van der Waals surface area contributed by atoms with E-state index in [1.807, 2.05) is 0 Å². The second-order valence-corrected chi connectivity index (χ2v) is 2.36. The third-order valence-electron chi connectivity index (χ3n) is 1.40. The molecule has 6 nitrogen and oxygen atoms in total. The molecule has 3 N–H and O–H groups in total. The fourth-order valence-corrected chi connectivity index (χ4v) is 0.827. The maximum Gasteiger partial charge on any atom is 0.328 e. The molecular formula is C8H9N3O3. The summed E-state index contributed by atoms with van der Waals surface area (Å²) in [5.74, 6) is -0.729. The highest BCUT2D eigenvalue weighted by Gasteiger charge is 2.02. The van der Waals surface area contributed by atoms with E-state index >= 15 is 0 Å². The number of nitrogens with two attached hydrogens (primary N) is 1. The van der Waals surface area contributed by atoms with Crippen molar-refractivity contribution in [3.8, 4) is 5.88 Å². The molecule has 0 saturated heterocycles. The van der Waals surface area contributed by atoms with Gasteiger partial charge in [-0.25, -0.2) is 9.78 Å². The number of carboxylic acids is 1. The summed E-state index contributed by atoms with van der Waals surface area (Å²) in [5.41, 5.74) is 5.78. The Kier molecular flexibility index (Phi) is 3.01. The molecule has 0 radical (unpaired) electrons. The Labute approximate surface area is 80.1 Å². The number of nitrogens with zero attached hydrogens (tertiary/aromatic N) is 2. The smallest absolute Gasteiger partial charge is 0.328 e. The van der Waals surface area contributed by atoms with E-state index in [2.05, 4.69) is 9.97 Å². The summed E-state index contributed by atoms with van der Waals surface area (Å²) >= 11 is 0. The van der Waals surface area contributed by atoms with Gasteiger partial charge in [0.2, 0.25) is 11.8 Å². The Morgan fingerprint density at radius 2 is 2.43 bits per heavy atom. The van der Waals surface area contributed by atoms with Gasteiger partial charge in [-0.3, -0.25) is 0 Å². The highest BCUT2D eigenvalue weighted by molar-refractivity contribution is 5.85. The second kappa shape index (κ2) is 4.22. The number of methoxy groups -OCH3 is 1. The maximum atomic E-state index is 10.2. The summed E-state index contributed by atoms with van der Waals surface area (Å²) in [7, 11) is 1.42. The van der Waals surface area contributed by atoms with E-state index in [1.165, 1.54) is 19.4 Å². The van der Waals surface area contributed by atoms with Crippen molar-refractivity contribution in [1.29, 1.82) is 0 Å². The lowest BCUT2D eigenvalue weighted by Gasteiger charge is -2.02. The molecule has 0 bridgehead atoms. The monoisotopic (exact) mass is 195 g/mol. The normalized spacial score (nSPS) is 10.4. The Morgan fingerprint density at radius 3 is 3.00 bits per heavy atom. The summed E-state index contributed by atoms with van der Waals surface area (Å²) in [5, 5.41) is 8.40. The van der Waals surface area contributed by atoms with Crippen LogP contribution in [-0.2, 0) is 4.79 Å². The molecule has 74 valence electrons. The number of ether oxygens (including phenoxy) is 1. The molecule has 0 aliphatic carbocycles. The number of aromatic nitrogens is 2. The molecule has 0 aromatic carbocycles. The van der Waals surface area contributed by atoms with Crippen LogP contribution in [0.5, 0.6) is 5.88 Å². The van der Waals surface area contributed by atoms with Gasteiger partial charge in [-0.15, -0.1) is 0 Å². The fraction of sp³-hybridized carbons (Fsp3) is 0.125. The van der Waals surface area contributed by atoms with Gasteiger partial charge in [0.1, 0.15) is 0 Å². The number of rotatable bonds is 3. The largest absolute Gasteiger partial charge is 0.480 e. The number of aliphatic carboxylic acids is 1. The van der Waals surface area contributed by atoms with Crippen LogP contribution in [0.25, 0.3) is 6.08 Å². The summed E-state index contributed by atoms with van der Waals surface area (Å²) in [6.07, 6.45) is 3.69. The Morgan fingerprint density at radius 1 is 1.71 bits per heavy atom. The topological polar surface area (TPSA) is 98.3 Å². The zero-order valence-electron chi connectivity index (χ0n) is 7.47. The van der Waals surface area contributed by atoms with Crippen LogP contribution < -0.4 is 10.5 Å². The van der Waals surface area contributed by atoms with E-state index in [0.29, 0.717) is 5.56 Å². The van der Waals surface area contributed by atoms with Crippen LogP contribution >= 0.6 is 0 Å². The summed E-state index contributed by atoms with van der Waals surface area (Å²) < 4.78 is 4.88. The van der Waals surface area contributed by atoms with Gasteiger partial charge >= 0.3 is 5.97 Å². The van der Waals surface area contributed by atoms with Crippen molar-refractivity contribution in [2.45, 2.75) is 0 Å². The highest BCUT2D eigenvalue weighted by atomic mass is 16.5. The molecule has 1 aromatic heterocycles. The molecule has 1 aromatic rings. The molecule has 1 heterocycles. The molecule has 0 aliphatic heterocycles. The quantitative estimate of drug-likeness (QED) is 0.667. The maximum absolute atomic E-state index is 10.2. The van der Waals surface area contributed by atoms with Crippen molar-refractivity contribution in [3.63, 3.8) is 0 Å². The van der Waals surface area contributed by atoms with Gasteiger partial charge in [-0.05, 0) is 6.08 Å². The van der Waals surface area contributed by atoms with Crippen molar-refractivity contribution in [3.05, 3.63) is 17.8 Å². The van der Waals surface area contributed by atoms with E-state index in [1.54, 1.807) is 0 Å². The molecule has 14 heavy (non-hydrogen) atoms. The molecule has 0 saturated carbocycles. The first-order valence-electron chi connectivity index (χ1n) is 3.71. The third-order valence-corrected chi connectivity index (χ3v) is 1.40. The van der Waals surface area contributed by atoms with Crippen LogP contribution in [0.1, 0.15) is 5.56 Å². The second-order valence-electron chi connectivity index (χ2n) is 2.36. The minimum atomic E-state index is -1.05. The van der Waals surface area contributed by atoms with Crippen molar-refractivity contribution < 1.29 is 14.6 Å². The fourth-order valence-electron chi connectivity index (χ4n) is 0.827. The zero-order chi connectivity index (χ0) is 10.6. The number of nitrogen functional groups attached to an aromatic ring is 1. The molecule has 0 atom stereocenters. The average Bonchev–Trinajstić information content (AvgIpc) is 2.15. The van der Waals surface area contributed by atoms with Crippen LogP contribution in [0, 0.1) is 0 Å². The predicted octanol–water partition coefficient (Wildman–Crippen LogP) is 0.165. The summed E-state index contributed by atoms with van der Waals surface area (Å²) in [6.45, 7) is 0. The van der Waals surface area contributed by atoms with Crippen molar-refractivity contribution in [2.75, 3.05) is 12.8 Å². The molecule has 6 heteroatoms. The van der Waals surface area contributed by atoms with Crippen molar-refractivity contribution in [2.24, 2.45) is 0 Å². The van der Waals surface area contributed by atoms with Gasteiger partial charge in [0.05, 0.1) is 12.7 Å². The van der Waals surface area contributed by atoms with Gasteiger partial charge in [0, 0.05) is 12.3 Å². The molecular weight excluding hydrogens is 186 g/mol. The molecule has 0 fully saturated rings. The number of hydrogen-bond acceptors (Lipinski definition) is 5. The minimum absolute atomic E-state index is 0.0781. The average molecular weight is 195 g/mol. The number of carbonyl (C=O) groups is 1. The van der Waals surface area contributed by atoms with Crippen LogP contribution in [-0.4, -0.2) is 28.2 Å². The van der Waals surface area contributed by atoms with E-state index in [4.69, 9.17) is 15.6 Å². The predicted molar refractivity (Wildman–Crippen MR) is 49.7 cm³/mol. The van der Waals surface area contributed by atoms with Crippen LogP contribution in [0.4, 0.5) is 5.95 Å². The van der Waals surface area contributed by atoms with E-state index < -0.39 is 5.97 Å². The Balaban J connectivity index is 3.02. The van der Waals surface area contributed by atoms with Crippen molar-refractivity contribution >= 4 is 18.0 Å².